The monoisotopic (exact) mass is 339 g/mol. The molecule has 0 aliphatic heterocycles. The first-order valence-electron chi connectivity index (χ1n) is 8.47. The minimum absolute atomic E-state index is 0.178. The summed E-state index contributed by atoms with van der Waals surface area (Å²) in [7, 11) is 0. The zero-order valence-corrected chi connectivity index (χ0v) is 15.0. The van der Waals surface area contributed by atoms with Crippen molar-refractivity contribution in [2.24, 2.45) is 0 Å². The third-order valence-corrected chi connectivity index (χ3v) is 4.11. The average molecular weight is 339 g/mol. The number of hydrogen-bond donors (Lipinski definition) is 2. The molecule has 0 saturated carbocycles. The number of nitrogens with zero attached hydrogens (tertiary/aromatic N) is 1. The molecule has 1 unspecified atom stereocenters. The number of aryl methyl sites for hydroxylation is 1. The van der Waals surface area contributed by atoms with Crippen molar-refractivity contribution in [2.45, 2.75) is 33.2 Å². The second kappa shape index (κ2) is 8.33. The van der Waals surface area contributed by atoms with E-state index >= 15 is 0 Å². The molecule has 2 aromatic carbocycles. The Bertz CT molecular complexity index is 744. The molecule has 0 saturated heterocycles. The highest BCUT2D eigenvalue weighted by Gasteiger charge is 2.27. The number of anilines is 2. The fourth-order valence-corrected chi connectivity index (χ4v) is 2.65. The molecule has 0 aliphatic rings. The lowest BCUT2D eigenvalue weighted by Crippen LogP contribution is -2.46. The van der Waals surface area contributed by atoms with Crippen molar-refractivity contribution in [3.05, 3.63) is 59.7 Å². The molecular weight excluding hydrogens is 314 g/mol. The molecule has 3 N–H and O–H groups in total. The van der Waals surface area contributed by atoms with Gasteiger partial charge in [0.2, 0.25) is 5.91 Å². The number of nitrogens with one attached hydrogen (secondary N) is 1. The van der Waals surface area contributed by atoms with Gasteiger partial charge in [0.05, 0.1) is 0 Å². The molecule has 0 fully saturated rings. The Morgan fingerprint density at radius 3 is 2.48 bits per heavy atom. The van der Waals surface area contributed by atoms with Crippen molar-refractivity contribution in [3.8, 4) is 0 Å². The summed E-state index contributed by atoms with van der Waals surface area (Å²) >= 11 is 0. The predicted molar refractivity (Wildman–Crippen MR) is 101 cm³/mol. The SMILES string of the molecule is CCCN(C(=O)c1cc(N)ccc1C)C(C)C(=O)Nc1ccccc1. The van der Waals surface area contributed by atoms with Crippen LogP contribution in [0.15, 0.2) is 48.5 Å². The third-order valence-electron chi connectivity index (χ3n) is 4.11. The van der Waals surface area contributed by atoms with E-state index < -0.39 is 6.04 Å². The van der Waals surface area contributed by atoms with Crippen molar-refractivity contribution >= 4 is 23.2 Å². The number of carbonyl (C=O) groups is 2. The summed E-state index contributed by atoms with van der Waals surface area (Å²) in [5, 5.41) is 2.86. The van der Waals surface area contributed by atoms with E-state index in [2.05, 4.69) is 5.32 Å². The molecule has 25 heavy (non-hydrogen) atoms. The standard InChI is InChI=1S/C20H25N3O2/c1-4-12-23(20(25)18-13-16(21)11-10-14(18)2)15(3)19(24)22-17-8-6-5-7-9-17/h5-11,13,15H,4,12,21H2,1-3H3,(H,22,24). The van der Waals surface area contributed by atoms with Crippen LogP contribution in [0.3, 0.4) is 0 Å². The van der Waals surface area contributed by atoms with E-state index in [1.807, 2.05) is 50.2 Å². The highest BCUT2D eigenvalue weighted by atomic mass is 16.2. The summed E-state index contributed by atoms with van der Waals surface area (Å²) in [5.41, 5.74) is 8.45. The van der Waals surface area contributed by atoms with Gasteiger partial charge in [-0.05, 0) is 50.1 Å². The van der Waals surface area contributed by atoms with Crippen LogP contribution < -0.4 is 11.1 Å². The molecule has 0 aromatic heterocycles. The summed E-state index contributed by atoms with van der Waals surface area (Å²) in [6, 6.07) is 13.9. The lowest BCUT2D eigenvalue weighted by Gasteiger charge is -2.29. The van der Waals surface area contributed by atoms with Crippen molar-refractivity contribution in [2.75, 3.05) is 17.6 Å². The van der Waals surface area contributed by atoms with Gasteiger partial charge < -0.3 is 16.0 Å². The average Bonchev–Trinajstić information content (AvgIpc) is 2.61. The van der Waals surface area contributed by atoms with Gasteiger partial charge in [-0.3, -0.25) is 9.59 Å². The van der Waals surface area contributed by atoms with Crippen LogP contribution in [-0.4, -0.2) is 29.3 Å². The zero-order chi connectivity index (χ0) is 18.4. The minimum Gasteiger partial charge on any atom is -0.399 e. The summed E-state index contributed by atoms with van der Waals surface area (Å²) in [4.78, 5) is 27.2. The molecule has 0 radical (unpaired) electrons. The summed E-state index contributed by atoms with van der Waals surface area (Å²) < 4.78 is 0. The van der Waals surface area contributed by atoms with Crippen molar-refractivity contribution < 1.29 is 9.59 Å². The molecule has 2 aromatic rings. The Labute approximate surface area is 148 Å². The Balaban J connectivity index is 2.22. The van der Waals surface area contributed by atoms with Gasteiger partial charge in [-0.1, -0.05) is 31.2 Å². The van der Waals surface area contributed by atoms with E-state index in [0.717, 1.165) is 12.0 Å². The van der Waals surface area contributed by atoms with Crippen LogP contribution >= 0.6 is 0 Å². The second-order valence-electron chi connectivity index (χ2n) is 6.10. The highest BCUT2D eigenvalue weighted by molar-refractivity contribution is 6.02. The van der Waals surface area contributed by atoms with Crippen LogP contribution in [0.25, 0.3) is 0 Å². The van der Waals surface area contributed by atoms with E-state index in [1.54, 1.807) is 24.0 Å². The Kier molecular flexibility index (Phi) is 6.17. The summed E-state index contributed by atoms with van der Waals surface area (Å²) in [6.07, 6.45) is 0.760. The van der Waals surface area contributed by atoms with Crippen molar-refractivity contribution in [1.29, 1.82) is 0 Å². The molecule has 5 nitrogen and oxygen atoms in total. The van der Waals surface area contributed by atoms with Crippen LogP contribution in [-0.2, 0) is 4.79 Å². The van der Waals surface area contributed by atoms with E-state index in [1.165, 1.54) is 0 Å². The molecule has 0 heterocycles. The summed E-state index contributed by atoms with van der Waals surface area (Å²) in [6.45, 7) is 6.09. The normalized spacial score (nSPS) is 11.6. The Morgan fingerprint density at radius 2 is 1.84 bits per heavy atom. The van der Waals surface area contributed by atoms with Crippen LogP contribution in [0.1, 0.15) is 36.2 Å². The van der Waals surface area contributed by atoms with Crippen LogP contribution in [0, 0.1) is 6.92 Å². The van der Waals surface area contributed by atoms with Crippen LogP contribution in [0.4, 0.5) is 11.4 Å². The number of benzene rings is 2. The first kappa shape index (κ1) is 18.5. The first-order chi connectivity index (χ1) is 11.9. The van der Waals surface area contributed by atoms with Gasteiger partial charge in [0.25, 0.3) is 5.91 Å². The molecule has 0 spiro atoms. The molecule has 0 bridgehead atoms. The van der Waals surface area contributed by atoms with E-state index in [0.29, 0.717) is 23.5 Å². The third kappa shape index (κ3) is 4.59. The maximum Gasteiger partial charge on any atom is 0.254 e. The number of amides is 2. The molecule has 132 valence electrons. The Morgan fingerprint density at radius 1 is 1.16 bits per heavy atom. The van der Waals surface area contributed by atoms with Gasteiger partial charge in [0, 0.05) is 23.5 Å². The quantitative estimate of drug-likeness (QED) is 0.792. The smallest absolute Gasteiger partial charge is 0.254 e. The lowest BCUT2D eigenvalue weighted by atomic mass is 10.1. The highest BCUT2D eigenvalue weighted by Crippen LogP contribution is 2.18. The molecule has 0 aliphatic carbocycles. The number of nitrogens with two attached hydrogens (primary N) is 1. The van der Waals surface area contributed by atoms with Gasteiger partial charge in [-0.25, -0.2) is 0 Å². The predicted octanol–water partition coefficient (Wildman–Crippen LogP) is 3.46. The van der Waals surface area contributed by atoms with Crippen LogP contribution in [0.5, 0.6) is 0 Å². The molecular formula is C20H25N3O2. The number of nitrogen functional groups attached to an aromatic ring is 1. The van der Waals surface area contributed by atoms with Crippen molar-refractivity contribution in [3.63, 3.8) is 0 Å². The minimum atomic E-state index is -0.589. The fourth-order valence-electron chi connectivity index (χ4n) is 2.65. The zero-order valence-electron chi connectivity index (χ0n) is 15.0. The van der Waals surface area contributed by atoms with Gasteiger partial charge in [0.15, 0.2) is 0 Å². The van der Waals surface area contributed by atoms with E-state index in [9.17, 15) is 9.59 Å². The van der Waals surface area contributed by atoms with Gasteiger partial charge in [-0.2, -0.15) is 0 Å². The number of para-hydroxylation sites is 1. The van der Waals surface area contributed by atoms with E-state index in [4.69, 9.17) is 5.73 Å². The molecule has 2 rings (SSSR count). The number of rotatable bonds is 6. The van der Waals surface area contributed by atoms with E-state index in [-0.39, 0.29) is 11.8 Å². The number of carbonyl (C=O) groups excluding carboxylic acids is 2. The fraction of sp³-hybridized carbons (Fsp3) is 0.300. The van der Waals surface area contributed by atoms with Gasteiger partial charge in [0.1, 0.15) is 6.04 Å². The molecule has 2 amide bonds. The van der Waals surface area contributed by atoms with Gasteiger partial charge in [-0.15, -0.1) is 0 Å². The maximum absolute atomic E-state index is 13.0. The summed E-state index contributed by atoms with van der Waals surface area (Å²) in [5.74, 6) is -0.392. The molecule has 5 heteroatoms. The largest absolute Gasteiger partial charge is 0.399 e. The van der Waals surface area contributed by atoms with Crippen molar-refractivity contribution in [1.82, 2.24) is 4.90 Å². The van der Waals surface area contributed by atoms with Gasteiger partial charge >= 0.3 is 0 Å². The second-order valence-corrected chi connectivity index (χ2v) is 6.10. The lowest BCUT2D eigenvalue weighted by molar-refractivity contribution is -0.120. The van der Waals surface area contributed by atoms with Crippen LogP contribution in [0.2, 0.25) is 0 Å². The number of hydrogen-bond acceptors (Lipinski definition) is 3. The topological polar surface area (TPSA) is 75.4 Å². The Hall–Kier alpha value is -2.82. The first-order valence-corrected chi connectivity index (χ1v) is 8.47. The molecule has 1 atom stereocenters. The maximum atomic E-state index is 13.0.